The van der Waals surface area contributed by atoms with Crippen molar-refractivity contribution in [3.05, 3.63) is 19.8 Å². The van der Waals surface area contributed by atoms with Gasteiger partial charge in [-0.05, 0) is 0 Å². The van der Waals surface area contributed by atoms with Gasteiger partial charge in [0, 0.05) is 0 Å². The fourth-order valence-corrected chi connectivity index (χ4v) is 2.74. The van der Waals surface area contributed by atoms with Crippen LogP contribution in [0.4, 0.5) is 0 Å². The van der Waals surface area contributed by atoms with Gasteiger partial charge in [-0.1, -0.05) is 0 Å². The molecule has 0 saturated heterocycles. The first-order valence-corrected chi connectivity index (χ1v) is 5.35. The minimum absolute atomic E-state index is 0.160. The van der Waals surface area contributed by atoms with Crippen molar-refractivity contribution in [2.45, 2.75) is 19.8 Å². The van der Waals surface area contributed by atoms with Crippen molar-refractivity contribution in [2.75, 3.05) is 0 Å². The Kier molecular flexibility index (Phi) is 2.16. The molecule has 0 fully saturated rings. The van der Waals surface area contributed by atoms with Crippen LogP contribution in [0.3, 0.4) is 0 Å². The normalized spacial score (nSPS) is 10.4. The van der Waals surface area contributed by atoms with Gasteiger partial charge in [0.15, 0.2) is 0 Å². The Labute approximate surface area is 60.2 Å². The molecule has 0 aliphatic carbocycles. The Morgan fingerprint density at radius 1 is 1.50 bits per heavy atom. The summed E-state index contributed by atoms with van der Waals surface area (Å²) in [6.45, 7) is 4.53. The molecule has 0 unspecified atom stereocenters. The van der Waals surface area contributed by atoms with E-state index in [0.717, 1.165) is 5.92 Å². The van der Waals surface area contributed by atoms with Gasteiger partial charge in [0.2, 0.25) is 0 Å². The molecule has 1 heterocycles. The van der Waals surface area contributed by atoms with E-state index in [0.29, 0.717) is 0 Å². The van der Waals surface area contributed by atoms with E-state index in [-0.39, 0.29) is 20.4 Å². The van der Waals surface area contributed by atoms with Crippen molar-refractivity contribution in [3.8, 4) is 0 Å². The maximum absolute atomic E-state index is 2.33. The first kappa shape index (κ1) is 6.39. The molecular weight excluding hydrogens is 212 g/mol. The second kappa shape index (κ2) is 2.71. The fraction of sp³-hybridized carbons (Fsp3) is 0.429. The van der Waals surface area contributed by atoms with E-state index in [4.69, 9.17) is 0 Å². The van der Waals surface area contributed by atoms with Crippen molar-refractivity contribution in [1.29, 1.82) is 0 Å². The van der Waals surface area contributed by atoms with Crippen LogP contribution in [0.5, 0.6) is 0 Å². The average Bonchev–Trinajstić information content (AvgIpc) is 2.12. The summed E-state index contributed by atoms with van der Waals surface area (Å²) >= 11 is 0.160. The third-order valence-electron chi connectivity index (χ3n) is 1.11. The standard InChI is InChI=1S/C7H10Te/c1-6(2)7-4-3-5-8-7/h3-6H,1-2H3. The molecule has 0 amide bonds. The molecule has 0 bridgehead atoms. The summed E-state index contributed by atoms with van der Waals surface area (Å²) in [7, 11) is 0. The summed E-state index contributed by atoms with van der Waals surface area (Å²) in [4.78, 5) is 0. The summed E-state index contributed by atoms with van der Waals surface area (Å²) in [5.74, 6) is 0.799. The van der Waals surface area contributed by atoms with Crippen LogP contribution in [0.2, 0.25) is 0 Å². The van der Waals surface area contributed by atoms with E-state index >= 15 is 0 Å². The molecule has 8 heavy (non-hydrogen) atoms. The van der Waals surface area contributed by atoms with Crippen LogP contribution in [0.1, 0.15) is 23.3 Å². The molecule has 0 aromatic carbocycles. The zero-order valence-corrected chi connectivity index (χ0v) is 7.55. The quantitative estimate of drug-likeness (QED) is 0.636. The van der Waals surface area contributed by atoms with Crippen LogP contribution in [0.25, 0.3) is 0 Å². The molecule has 44 valence electrons. The second-order valence-electron chi connectivity index (χ2n) is 2.17. The van der Waals surface area contributed by atoms with Gasteiger partial charge >= 0.3 is 60.0 Å². The Balaban J connectivity index is 2.77. The predicted molar refractivity (Wildman–Crippen MR) is 37.5 cm³/mol. The molecule has 0 aliphatic rings. The van der Waals surface area contributed by atoms with Gasteiger partial charge in [0.05, 0.1) is 0 Å². The van der Waals surface area contributed by atoms with Gasteiger partial charge in [-0.2, -0.15) is 0 Å². The molecule has 0 nitrogen and oxygen atoms in total. The summed E-state index contributed by atoms with van der Waals surface area (Å²) in [5, 5.41) is 0. The summed E-state index contributed by atoms with van der Waals surface area (Å²) in [6.07, 6.45) is 0. The Bertz CT molecular complexity index is 139. The van der Waals surface area contributed by atoms with Crippen LogP contribution in [-0.2, 0) is 0 Å². The molecular formula is C7H10Te. The molecule has 0 radical (unpaired) electrons. The first-order valence-electron chi connectivity index (χ1n) is 2.84. The molecule has 0 saturated carbocycles. The molecule has 0 spiro atoms. The topological polar surface area (TPSA) is 0 Å². The van der Waals surface area contributed by atoms with E-state index in [2.05, 4.69) is 30.1 Å². The van der Waals surface area contributed by atoms with Crippen molar-refractivity contribution in [2.24, 2.45) is 0 Å². The molecule has 1 heteroatoms. The van der Waals surface area contributed by atoms with Crippen LogP contribution < -0.4 is 0 Å². The molecule has 1 aromatic rings. The summed E-state index contributed by atoms with van der Waals surface area (Å²) in [5.41, 5.74) is 0. The van der Waals surface area contributed by atoms with Gasteiger partial charge in [-0.15, -0.1) is 0 Å². The Hall–Kier alpha value is 0.270. The van der Waals surface area contributed by atoms with Gasteiger partial charge in [-0.25, -0.2) is 0 Å². The second-order valence-corrected chi connectivity index (χ2v) is 4.97. The third kappa shape index (κ3) is 1.37. The van der Waals surface area contributed by atoms with Crippen molar-refractivity contribution < 1.29 is 0 Å². The Morgan fingerprint density at radius 2 is 2.25 bits per heavy atom. The van der Waals surface area contributed by atoms with Crippen molar-refractivity contribution in [1.82, 2.24) is 0 Å². The van der Waals surface area contributed by atoms with Gasteiger partial charge in [0.1, 0.15) is 0 Å². The molecule has 1 aromatic heterocycles. The van der Waals surface area contributed by atoms with Crippen molar-refractivity contribution in [3.63, 3.8) is 0 Å². The fourth-order valence-electron chi connectivity index (χ4n) is 0.620. The number of hydrogen-bond acceptors (Lipinski definition) is 0. The van der Waals surface area contributed by atoms with E-state index in [1.54, 1.807) is 3.58 Å². The van der Waals surface area contributed by atoms with Gasteiger partial charge in [-0.3, -0.25) is 0 Å². The summed E-state index contributed by atoms with van der Waals surface area (Å²) in [6, 6.07) is 4.46. The van der Waals surface area contributed by atoms with Gasteiger partial charge in [0.25, 0.3) is 0 Å². The maximum atomic E-state index is 2.33. The average molecular weight is 222 g/mol. The van der Waals surface area contributed by atoms with Crippen LogP contribution in [0, 0.1) is 0 Å². The molecule has 0 N–H and O–H groups in total. The van der Waals surface area contributed by atoms with Crippen molar-refractivity contribution >= 4 is 20.4 Å². The van der Waals surface area contributed by atoms with Crippen LogP contribution in [0.15, 0.2) is 16.2 Å². The SMILES string of the molecule is CC(C)c1ccc[te]1. The van der Waals surface area contributed by atoms with E-state index in [1.807, 2.05) is 0 Å². The van der Waals surface area contributed by atoms with Crippen LogP contribution >= 0.6 is 0 Å². The third-order valence-corrected chi connectivity index (χ3v) is 4.46. The number of rotatable bonds is 1. The minimum atomic E-state index is 0.160. The van der Waals surface area contributed by atoms with Crippen LogP contribution in [-0.4, -0.2) is 20.4 Å². The van der Waals surface area contributed by atoms with E-state index < -0.39 is 0 Å². The van der Waals surface area contributed by atoms with E-state index in [1.165, 1.54) is 0 Å². The Morgan fingerprint density at radius 3 is 2.50 bits per heavy atom. The molecule has 0 atom stereocenters. The zero-order chi connectivity index (χ0) is 5.98. The van der Waals surface area contributed by atoms with E-state index in [9.17, 15) is 0 Å². The molecule has 0 aliphatic heterocycles. The zero-order valence-electron chi connectivity index (χ0n) is 5.22. The first-order chi connectivity index (χ1) is 3.80. The van der Waals surface area contributed by atoms with Gasteiger partial charge < -0.3 is 0 Å². The monoisotopic (exact) mass is 224 g/mol. The number of hydrogen-bond donors (Lipinski definition) is 0. The molecule has 1 rings (SSSR count). The predicted octanol–water partition coefficient (Wildman–Crippen LogP) is 1.87. The summed E-state index contributed by atoms with van der Waals surface area (Å²) < 4.78 is 4.02.